The van der Waals surface area contributed by atoms with Crippen LogP contribution in [0.5, 0.6) is 0 Å². The fourth-order valence-electron chi connectivity index (χ4n) is 4.68. The SMILES string of the molecule is Cc1ccc(NS(C)(=O)=O)c(C(=O)N2CCCC[C@H]2c2cc3nc(C4CC4)cc(C)n3n2)c1. The van der Waals surface area contributed by atoms with Crippen LogP contribution in [-0.4, -0.2) is 46.6 Å². The number of hydrogen-bond donors (Lipinski definition) is 1. The topological polar surface area (TPSA) is 96.7 Å². The Morgan fingerprint density at radius 1 is 1.06 bits per heavy atom. The van der Waals surface area contributed by atoms with Crippen molar-refractivity contribution in [3.8, 4) is 0 Å². The Morgan fingerprint density at radius 2 is 1.85 bits per heavy atom. The van der Waals surface area contributed by atoms with E-state index in [9.17, 15) is 13.2 Å². The molecule has 2 fully saturated rings. The summed E-state index contributed by atoms with van der Waals surface area (Å²) in [6.07, 6.45) is 6.19. The quantitative estimate of drug-likeness (QED) is 0.613. The molecule has 2 aromatic heterocycles. The Bertz CT molecular complexity index is 1340. The Kier molecular flexibility index (Phi) is 5.39. The first kappa shape index (κ1) is 21.9. The summed E-state index contributed by atoms with van der Waals surface area (Å²) in [5.74, 6) is 0.372. The lowest BCUT2D eigenvalue weighted by molar-refractivity contribution is 0.0606. The summed E-state index contributed by atoms with van der Waals surface area (Å²) in [4.78, 5) is 20.4. The van der Waals surface area contributed by atoms with E-state index in [0.29, 0.717) is 23.7 Å². The molecule has 1 atom stereocenters. The second-order valence-corrected chi connectivity index (χ2v) is 11.1. The van der Waals surface area contributed by atoms with Gasteiger partial charge in [-0.25, -0.2) is 17.9 Å². The van der Waals surface area contributed by atoms with E-state index in [1.54, 1.807) is 18.2 Å². The minimum absolute atomic E-state index is 0.177. The van der Waals surface area contributed by atoms with Gasteiger partial charge in [0, 0.05) is 29.9 Å². The minimum atomic E-state index is -3.52. The van der Waals surface area contributed by atoms with Crippen LogP contribution in [0.25, 0.3) is 5.65 Å². The Hall–Kier alpha value is -2.94. The van der Waals surface area contributed by atoms with E-state index in [2.05, 4.69) is 10.8 Å². The van der Waals surface area contributed by atoms with Gasteiger partial charge in [0.2, 0.25) is 10.0 Å². The molecular weight excluding hydrogens is 438 g/mol. The van der Waals surface area contributed by atoms with Crippen LogP contribution in [0.1, 0.15) is 77.1 Å². The molecule has 0 spiro atoms. The third-order valence-electron chi connectivity index (χ3n) is 6.45. The third-order valence-corrected chi connectivity index (χ3v) is 7.04. The maximum Gasteiger partial charge on any atom is 0.256 e. The summed E-state index contributed by atoms with van der Waals surface area (Å²) in [6.45, 7) is 4.53. The predicted molar refractivity (Wildman–Crippen MR) is 127 cm³/mol. The smallest absolute Gasteiger partial charge is 0.256 e. The third kappa shape index (κ3) is 4.46. The number of amides is 1. The molecule has 1 N–H and O–H groups in total. The standard InChI is InChI=1S/C24H29N5O3S/c1-15-7-10-19(27-33(3,31)32)18(12-15)24(30)28-11-5-4-6-22(28)21-14-23-25-20(17-8-9-17)13-16(2)29(23)26-21/h7,10,12-14,17,22,27H,4-6,8-9,11H2,1-3H3/t22-/m0/s1. The lowest BCUT2D eigenvalue weighted by atomic mass is 9.97. The van der Waals surface area contributed by atoms with E-state index in [-0.39, 0.29) is 11.9 Å². The molecule has 0 radical (unpaired) electrons. The van der Waals surface area contributed by atoms with E-state index in [1.165, 1.54) is 12.8 Å². The lowest BCUT2D eigenvalue weighted by Gasteiger charge is -2.35. The molecule has 1 aliphatic carbocycles. The monoisotopic (exact) mass is 467 g/mol. The van der Waals surface area contributed by atoms with Gasteiger partial charge >= 0.3 is 0 Å². The molecule has 1 aliphatic heterocycles. The normalized spacial score (nSPS) is 19.1. The molecule has 33 heavy (non-hydrogen) atoms. The van der Waals surface area contributed by atoms with Crippen molar-refractivity contribution in [2.24, 2.45) is 0 Å². The van der Waals surface area contributed by atoms with Crippen molar-refractivity contribution >= 4 is 27.3 Å². The Morgan fingerprint density at radius 3 is 2.58 bits per heavy atom. The molecule has 1 aromatic carbocycles. The van der Waals surface area contributed by atoms with E-state index in [1.807, 2.05) is 29.3 Å². The van der Waals surface area contributed by atoms with Crippen LogP contribution >= 0.6 is 0 Å². The number of aryl methyl sites for hydroxylation is 2. The number of piperidine rings is 1. The molecule has 0 bridgehead atoms. The molecule has 3 heterocycles. The fraction of sp³-hybridized carbons (Fsp3) is 0.458. The number of likely N-dealkylation sites (tertiary alicyclic amines) is 1. The summed E-state index contributed by atoms with van der Waals surface area (Å²) in [5, 5.41) is 4.83. The molecule has 0 unspecified atom stereocenters. The molecule has 5 rings (SSSR count). The van der Waals surface area contributed by atoms with Crippen LogP contribution in [0.15, 0.2) is 30.3 Å². The van der Waals surface area contributed by atoms with Gasteiger partial charge in [-0.05, 0) is 64.2 Å². The number of carbonyl (C=O) groups is 1. The average molecular weight is 468 g/mol. The molecule has 1 saturated carbocycles. The van der Waals surface area contributed by atoms with Gasteiger partial charge in [-0.2, -0.15) is 5.10 Å². The van der Waals surface area contributed by atoms with Crippen LogP contribution in [0.3, 0.4) is 0 Å². The lowest BCUT2D eigenvalue weighted by Crippen LogP contribution is -2.39. The summed E-state index contributed by atoms with van der Waals surface area (Å²) < 4.78 is 28.1. The number of hydrogen-bond acceptors (Lipinski definition) is 5. The van der Waals surface area contributed by atoms with Crippen LogP contribution in [0.4, 0.5) is 5.69 Å². The van der Waals surface area contributed by atoms with Crippen molar-refractivity contribution in [1.29, 1.82) is 0 Å². The van der Waals surface area contributed by atoms with Gasteiger partial charge in [-0.15, -0.1) is 0 Å². The number of fused-ring (bicyclic) bond motifs is 1. The van der Waals surface area contributed by atoms with Crippen molar-refractivity contribution in [3.63, 3.8) is 0 Å². The summed E-state index contributed by atoms with van der Waals surface area (Å²) >= 11 is 0. The molecule has 3 aromatic rings. The van der Waals surface area contributed by atoms with Crippen molar-refractivity contribution in [1.82, 2.24) is 19.5 Å². The summed E-state index contributed by atoms with van der Waals surface area (Å²) in [5.41, 5.74) is 5.38. The molecule has 9 heteroatoms. The van der Waals surface area contributed by atoms with Gasteiger partial charge in [0.15, 0.2) is 5.65 Å². The van der Waals surface area contributed by atoms with E-state index >= 15 is 0 Å². The number of sulfonamides is 1. The first-order chi connectivity index (χ1) is 15.7. The number of benzene rings is 1. The largest absolute Gasteiger partial charge is 0.330 e. The highest BCUT2D eigenvalue weighted by molar-refractivity contribution is 7.92. The van der Waals surface area contributed by atoms with Crippen molar-refractivity contribution in [3.05, 3.63) is 58.5 Å². The highest BCUT2D eigenvalue weighted by Gasteiger charge is 2.33. The minimum Gasteiger partial charge on any atom is -0.330 e. The first-order valence-corrected chi connectivity index (χ1v) is 13.4. The van der Waals surface area contributed by atoms with Crippen LogP contribution in [-0.2, 0) is 10.0 Å². The van der Waals surface area contributed by atoms with Gasteiger partial charge < -0.3 is 4.90 Å². The zero-order valence-electron chi connectivity index (χ0n) is 19.2. The van der Waals surface area contributed by atoms with E-state index in [0.717, 1.165) is 53.8 Å². The van der Waals surface area contributed by atoms with E-state index < -0.39 is 10.0 Å². The molecule has 8 nitrogen and oxygen atoms in total. The average Bonchev–Trinajstić information content (AvgIpc) is 3.52. The number of nitrogens with one attached hydrogen (secondary N) is 1. The van der Waals surface area contributed by atoms with Crippen molar-refractivity contribution in [2.45, 2.75) is 57.9 Å². The molecule has 1 saturated heterocycles. The second kappa shape index (κ2) is 8.13. The summed E-state index contributed by atoms with van der Waals surface area (Å²) in [7, 11) is -3.52. The summed E-state index contributed by atoms with van der Waals surface area (Å²) in [6, 6.07) is 9.14. The highest BCUT2D eigenvalue weighted by atomic mass is 32.2. The number of nitrogens with zero attached hydrogens (tertiary/aromatic N) is 4. The maximum atomic E-state index is 13.7. The number of rotatable bonds is 5. The molecule has 174 valence electrons. The van der Waals surface area contributed by atoms with Gasteiger partial charge in [-0.3, -0.25) is 9.52 Å². The highest BCUT2D eigenvalue weighted by Crippen LogP contribution is 2.40. The molecule has 2 aliphatic rings. The van der Waals surface area contributed by atoms with Crippen molar-refractivity contribution < 1.29 is 13.2 Å². The van der Waals surface area contributed by atoms with Crippen LogP contribution in [0, 0.1) is 13.8 Å². The molecule has 1 amide bonds. The van der Waals surface area contributed by atoms with Gasteiger partial charge in [0.25, 0.3) is 5.91 Å². The van der Waals surface area contributed by atoms with Crippen molar-refractivity contribution in [2.75, 3.05) is 17.5 Å². The second-order valence-electron chi connectivity index (χ2n) is 9.37. The fourth-order valence-corrected chi connectivity index (χ4v) is 5.26. The van der Waals surface area contributed by atoms with Gasteiger partial charge in [0.05, 0.1) is 29.2 Å². The zero-order valence-corrected chi connectivity index (χ0v) is 20.0. The number of aromatic nitrogens is 3. The zero-order chi connectivity index (χ0) is 23.3. The van der Waals surface area contributed by atoms with E-state index in [4.69, 9.17) is 10.1 Å². The van der Waals surface area contributed by atoms with Crippen LogP contribution < -0.4 is 4.72 Å². The van der Waals surface area contributed by atoms with Crippen LogP contribution in [0.2, 0.25) is 0 Å². The Balaban J connectivity index is 1.52. The predicted octanol–water partition coefficient (Wildman–Crippen LogP) is 3.96. The molecular formula is C24H29N5O3S. The Labute approximate surface area is 194 Å². The van der Waals surface area contributed by atoms with Gasteiger partial charge in [-0.1, -0.05) is 11.6 Å². The maximum absolute atomic E-state index is 13.7. The number of anilines is 1. The first-order valence-electron chi connectivity index (χ1n) is 11.5. The number of carbonyl (C=O) groups excluding carboxylic acids is 1. The van der Waals surface area contributed by atoms with Gasteiger partial charge in [0.1, 0.15) is 0 Å².